The van der Waals surface area contributed by atoms with Crippen molar-refractivity contribution in [2.24, 2.45) is 0 Å². The molecule has 6 nitrogen and oxygen atoms in total. The summed E-state index contributed by atoms with van der Waals surface area (Å²) in [6, 6.07) is 6.19. The van der Waals surface area contributed by atoms with Gasteiger partial charge in [0.15, 0.2) is 0 Å². The minimum Gasteiger partial charge on any atom is -0.361 e. The number of para-hydroxylation sites is 1. The van der Waals surface area contributed by atoms with Crippen molar-refractivity contribution in [1.82, 2.24) is 19.6 Å². The minimum absolute atomic E-state index is 0.177. The van der Waals surface area contributed by atoms with E-state index in [4.69, 9.17) is 4.52 Å². The molecular formula is C22H23F3N4O2. The first kappa shape index (κ1) is 20.2. The van der Waals surface area contributed by atoms with Crippen LogP contribution in [0, 0.1) is 0 Å². The molecule has 1 aliphatic carbocycles. The molecule has 0 spiro atoms. The van der Waals surface area contributed by atoms with Crippen molar-refractivity contribution >= 4 is 10.9 Å². The summed E-state index contributed by atoms with van der Waals surface area (Å²) < 4.78 is 46.4. The summed E-state index contributed by atoms with van der Waals surface area (Å²) in [6.07, 6.45) is 0.906. The van der Waals surface area contributed by atoms with Crippen LogP contribution in [0.3, 0.4) is 0 Å². The Hall–Kier alpha value is -2.68. The van der Waals surface area contributed by atoms with Crippen LogP contribution in [0.25, 0.3) is 10.9 Å². The number of nitrogens with zero attached hydrogens (tertiary/aromatic N) is 4. The van der Waals surface area contributed by atoms with Gasteiger partial charge in [0.05, 0.1) is 16.9 Å². The minimum atomic E-state index is -4.52. The summed E-state index contributed by atoms with van der Waals surface area (Å²) in [6.45, 7) is -0.151. The molecule has 2 aliphatic rings. The average molecular weight is 432 g/mol. The number of alkyl halides is 3. The first-order valence-electron chi connectivity index (χ1n) is 10.7. The van der Waals surface area contributed by atoms with Crippen molar-refractivity contribution in [2.75, 3.05) is 6.54 Å². The second kappa shape index (κ2) is 7.78. The van der Waals surface area contributed by atoms with E-state index in [0.717, 1.165) is 53.7 Å². The average Bonchev–Trinajstić information content (AvgIpc) is 3.37. The molecule has 0 saturated carbocycles. The maximum Gasteiger partial charge on any atom is 0.406 e. The van der Waals surface area contributed by atoms with Gasteiger partial charge in [-0.05, 0) is 50.8 Å². The molecule has 0 amide bonds. The molecule has 1 aromatic carbocycles. The number of rotatable bonds is 4. The number of fused-ring (bicyclic) bond motifs is 2. The van der Waals surface area contributed by atoms with Gasteiger partial charge < -0.3 is 4.52 Å². The van der Waals surface area contributed by atoms with Gasteiger partial charge in [-0.2, -0.15) is 13.2 Å². The van der Waals surface area contributed by atoms with Crippen LogP contribution in [0.15, 0.2) is 33.6 Å². The van der Waals surface area contributed by atoms with Gasteiger partial charge in [0, 0.05) is 18.5 Å². The molecule has 1 aliphatic heterocycles. The lowest BCUT2D eigenvalue weighted by Gasteiger charge is -2.26. The lowest BCUT2D eigenvalue weighted by atomic mass is 9.96. The molecule has 164 valence electrons. The third-order valence-corrected chi connectivity index (χ3v) is 6.27. The van der Waals surface area contributed by atoms with Crippen LogP contribution in [0.4, 0.5) is 13.2 Å². The van der Waals surface area contributed by atoms with Gasteiger partial charge in [-0.1, -0.05) is 17.3 Å². The Labute approximate surface area is 176 Å². The lowest BCUT2D eigenvalue weighted by molar-refractivity contribution is -0.142. The molecule has 3 heterocycles. The molecule has 2 aromatic heterocycles. The van der Waals surface area contributed by atoms with Gasteiger partial charge in [0.1, 0.15) is 23.8 Å². The van der Waals surface area contributed by atoms with E-state index in [0.29, 0.717) is 25.0 Å². The van der Waals surface area contributed by atoms with Gasteiger partial charge in [-0.25, -0.2) is 4.98 Å². The summed E-state index contributed by atoms with van der Waals surface area (Å²) in [7, 11) is 0. The summed E-state index contributed by atoms with van der Waals surface area (Å²) in [4.78, 5) is 19.6. The maximum absolute atomic E-state index is 13.4. The van der Waals surface area contributed by atoms with E-state index in [1.54, 1.807) is 18.2 Å². The van der Waals surface area contributed by atoms with Gasteiger partial charge in [-0.3, -0.25) is 14.3 Å². The highest BCUT2D eigenvalue weighted by Crippen LogP contribution is 2.35. The molecule has 1 saturated heterocycles. The van der Waals surface area contributed by atoms with Crippen molar-refractivity contribution in [2.45, 2.75) is 63.8 Å². The van der Waals surface area contributed by atoms with Crippen LogP contribution in [-0.2, 0) is 25.9 Å². The molecule has 0 bridgehead atoms. The SMILES string of the molecule is O=c1c2ccccc2nc(C2CCCN2Cc2noc3c2CCCC3)n1CC(F)(F)F. The van der Waals surface area contributed by atoms with E-state index >= 15 is 0 Å². The normalized spacial score (nSPS) is 19.8. The Morgan fingerprint density at radius 2 is 1.94 bits per heavy atom. The molecule has 1 unspecified atom stereocenters. The van der Waals surface area contributed by atoms with Crippen molar-refractivity contribution in [3.63, 3.8) is 0 Å². The second-order valence-corrected chi connectivity index (χ2v) is 8.36. The van der Waals surface area contributed by atoms with Crippen LogP contribution in [0.5, 0.6) is 0 Å². The number of aromatic nitrogens is 3. The molecule has 1 fully saturated rings. The zero-order valence-electron chi connectivity index (χ0n) is 17.0. The molecule has 1 atom stereocenters. The topological polar surface area (TPSA) is 64.2 Å². The van der Waals surface area contributed by atoms with Crippen LogP contribution < -0.4 is 5.56 Å². The van der Waals surface area contributed by atoms with E-state index < -0.39 is 18.3 Å². The number of likely N-dealkylation sites (tertiary alicyclic amines) is 1. The number of halogens is 3. The highest BCUT2D eigenvalue weighted by molar-refractivity contribution is 5.77. The Kier molecular flexibility index (Phi) is 5.08. The zero-order valence-corrected chi connectivity index (χ0v) is 17.0. The fourth-order valence-electron chi connectivity index (χ4n) is 4.85. The van der Waals surface area contributed by atoms with E-state index in [9.17, 15) is 18.0 Å². The monoisotopic (exact) mass is 432 g/mol. The Morgan fingerprint density at radius 1 is 1.13 bits per heavy atom. The first-order valence-corrected chi connectivity index (χ1v) is 10.7. The standard InChI is InChI=1S/C22H23F3N4O2/c23-22(24,25)13-29-20(26-16-8-3-1-7-15(16)21(29)30)18-9-5-11-28(18)12-17-14-6-2-4-10-19(14)31-27-17/h1,3,7-8,18H,2,4-6,9-13H2. The highest BCUT2D eigenvalue weighted by atomic mass is 19.4. The largest absolute Gasteiger partial charge is 0.406 e. The maximum atomic E-state index is 13.4. The zero-order chi connectivity index (χ0) is 21.6. The van der Waals surface area contributed by atoms with Crippen molar-refractivity contribution in [3.8, 4) is 0 Å². The quantitative estimate of drug-likeness (QED) is 0.620. The summed E-state index contributed by atoms with van der Waals surface area (Å²) in [5.41, 5.74) is 1.76. The first-order chi connectivity index (χ1) is 14.9. The Morgan fingerprint density at radius 3 is 2.77 bits per heavy atom. The summed E-state index contributed by atoms with van der Waals surface area (Å²) in [5, 5.41) is 4.45. The van der Waals surface area contributed by atoms with Crippen LogP contribution in [0.2, 0.25) is 0 Å². The van der Waals surface area contributed by atoms with Gasteiger partial charge >= 0.3 is 6.18 Å². The van der Waals surface area contributed by atoms with Crippen molar-refractivity contribution in [3.05, 3.63) is 57.5 Å². The Balaban J connectivity index is 1.55. The lowest BCUT2D eigenvalue weighted by Crippen LogP contribution is -2.35. The molecule has 5 rings (SSSR count). The molecule has 3 aromatic rings. The number of hydrogen-bond donors (Lipinski definition) is 0. The summed E-state index contributed by atoms with van der Waals surface area (Å²) >= 11 is 0. The smallest absolute Gasteiger partial charge is 0.361 e. The highest BCUT2D eigenvalue weighted by Gasteiger charge is 2.36. The molecule has 31 heavy (non-hydrogen) atoms. The molecule has 0 N–H and O–H groups in total. The van der Waals surface area contributed by atoms with Gasteiger partial charge in [0.25, 0.3) is 5.56 Å². The third-order valence-electron chi connectivity index (χ3n) is 6.27. The van der Waals surface area contributed by atoms with Crippen LogP contribution in [-0.4, -0.2) is 32.3 Å². The predicted octanol–water partition coefficient (Wildman–Crippen LogP) is 4.16. The van der Waals surface area contributed by atoms with Gasteiger partial charge in [-0.15, -0.1) is 0 Å². The molecule has 0 radical (unpaired) electrons. The van der Waals surface area contributed by atoms with E-state index in [-0.39, 0.29) is 17.3 Å². The predicted molar refractivity (Wildman–Crippen MR) is 108 cm³/mol. The van der Waals surface area contributed by atoms with Crippen LogP contribution in [0.1, 0.15) is 54.6 Å². The fourth-order valence-corrected chi connectivity index (χ4v) is 4.85. The third kappa shape index (κ3) is 3.86. The number of hydrogen-bond acceptors (Lipinski definition) is 5. The van der Waals surface area contributed by atoms with E-state index in [1.165, 1.54) is 6.07 Å². The fraction of sp³-hybridized carbons (Fsp3) is 0.500. The molecular weight excluding hydrogens is 409 g/mol. The summed E-state index contributed by atoms with van der Waals surface area (Å²) in [5.74, 6) is 1.10. The van der Waals surface area contributed by atoms with E-state index in [2.05, 4.69) is 15.0 Å². The van der Waals surface area contributed by atoms with Crippen molar-refractivity contribution < 1.29 is 17.7 Å². The van der Waals surface area contributed by atoms with E-state index in [1.807, 2.05) is 0 Å². The van der Waals surface area contributed by atoms with Crippen molar-refractivity contribution in [1.29, 1.82) is 0 Å². The second-order valence-electron chi connectivity index (χ2n) is 8.36. The number of benzene rings is 1. The van der Waals surface area contributed by atoms with Gasteiger partial charge in [0.2, 0.25) is 0 Å². The number of aryl methyl sites for hydroxylation is 1. The molecule has 9 heteroatoms. The Bertz CT molecular complexity index is 1170. The van der Waals surface area contributed by atoms with Crippen LogP contribution >= 0.6 is 0 Å².